The van der Waals surface area contributed by atoms with Crippen molar-refractivity contribution >= 4 is 10.8 Å². The van der Waals surface area contributed by atoms with E-state index in [1.54, 1.807) is 0 Å². The fourth-order valence-electron chi connectivity index (χ4n) is 5.31. The first-order chi connectivity index (χ1) is 16.2. The minimum Gasteiger partial charge on any atom is -0.205 e. The van der Waals surface area contributed by atoms with E-state index in [4.69, 9.17) is 0 Å². The van der Waals surface area contributed by atoms with Crippen LogP contribution in [0.3, 0.4) is 0 Å². The van der Waals surface area contributed by atoms with Gasteiger partial charge in [0, 0.05) is 10.9 Å². The molecule has 0 atom stereocenters. The summed E-state index contributed by atoms with van der Waals surface area (Å²) >= 11 is 0. The Morgan fingerprint density at radius 2 is 1.61 bits per heavy atom. The SMILES string of the molecule is CCCCCC1CCC(c2ccc3c(F)c(C#Cc4ccc(CCC)cc4)ccc3c2)CC1. The Morgan fingerprint density at radius 1 is 0.818 bits per heavy atom. The highest BCUT2D eigenvalue weighted by atomic mass is 19.1. The van der Waals surface area contributed by atoms with Crippen LogP contribution in [0.4, 0.5) is 4.39 Å². The van der Waals surface area contributed by atoms with Crippen LogP contribution in [0.5, 0.6) is 0 Å². The van der Waals surface area contributed by atoms with Gasteiger partial charge < -0.3 is 0 Å². The van der Waals surface area contributed by atoms with Crippen molar-refractivity contribution in [1.29, 1.82) is 0 Å². The number of hydrogen-bond donors (Lipinski definition) is 0. The third-order valence-electron chi connectivity index (χ3n) is 7.35. The molecule has 172 valence electrons. The highest BCUT2D eigenvalue weighted by Crippen LogP contribution is 2.38. The molecule has 3 aromatic rings. The molecule has 0 spiro atoms. The summed E-state index contributed by atoms with van der Waals surface area (Å²) in [5.41, 5.74) is 4.09. The number of fused-ring (bicyclic) bond motifs is 1. The van der Waals surface area contributed by atoms with Crippen molar-refractivity contribution in [3.8, 4) is 11.8 Å². The van der Waals surface area contributed by atoms with Gasteiger partial charge >= 0.3 is 0 Å². The third-order valence-corrected chi connectivity index (χ3v) is 7.35. The number of benzene rings is 3. The standard InChI is InChI=1S/C32H37F/c1-3-5-6-8-25-13-16-27(17-14-25)29-21-22-31-30(23-29)20-19-28(32(31)33)18-15-26-11-9-24(7-4-2)10-12-26/h9-12,19-23,25,27H,3-8,13-14,16-17H2,1-2H3. The average Bonchev–Trinajstić information content (AvgIpc) is 2.85. The fourth-order valence-corrected chi connectivity index (χ4v) is 5.31. The minimum atomic E-state index is -0.200. The summed E-state index contributed by atoms with van der Waals surface area (Å²) in [6, 6.07) is 18.5. The topological polar surface area (TPSA) is 0 Å². The Labute approximate surface area is 199 Å². The smallest absolute Gasteiger partial charge is 0.146 e. The molecule has 0 unspecified atom stereocenters. The van der Waals surface area contributed by atoms with Crippen LogP contribution >= 0.6 is 0 Å². The van der Waals surface area contributed by atoms with E-state index >= 15 is 4.39 Å². The van der Waals surface area contributed by atoms with Gasteiger partial charge in [-0.25, -0.2) is 4.39 Å². The highest BCUT2D eigenvalue weighted by molar-refractivity contribution is 5.85. The molecular formula is C32H37F. The van der Waals surface area contributed by atoms with Gasteiger partial charge in [-0.05, 0) is 78.7 Å². The lowest BCUT2D eigenvalue weighted by molar-refractivity contribution is 0.303. The van der Waals surface area contributed by atoms with Crippen molar-refractivity contribution in [1.82, 2.24) is 0 Å². The zero-order valence-corrected chi connectivity index (χ0v) is 20.3. The fraction of sp³-hybridized carbons (Fsp3) is 0.438. The maximum absolute atomic E-state index is 15.2. The van der Waals surface area contributed by atoms with E-state index in [1.807, 2.05) is 30.3 Å². The number of rotatable bonds is 7. The minimum absolute atomic E-state index is 0.200. The molecule has 0 amide bonds. The second kappa shape index (κ2) is 11.5. The van der Waals surface area contributed by atoms with Crippen molar-refractivity contribution in [3.05, 3.63) is 82.7 Å². The van der Waals surface area contributed by atoms with Crippen molar-refractivity contribution in [3.63, 3.8) is 0 Å². The third kappa shape index (κ3) is 6.05. The van der Waals surface area contributed by atoms with Crippen LogP contribution in [0, 0.1) is 23.6 Å². The molecule has 1 heteroatoms. The van der Waals surface area contributed by atoms with Crippen LogP contribution in [0.15, 0.2) is 54.6 Å². The van der Waals surface area contributed by atoms with Crippen molar-refractivity contribution in [2.45, 2.75) is 84.0 Å². The van der Waals surface area contributed by atoms with Crippen LogP contribution in [-0.2, 0) is 6.42 Å². The molecule has 1 aliphatic rings. The van der Waals surface area contributed by atoms with Crippen molar-refractivity contribution in [2.24, 2.45) is 5.92 Å². The van der Waals surface area contributed by atoms with Crippen molar-refractivity contribution < 1.29 is 4.39 Å². The van der Waals surface area contributed by atoms with Crippen LogP contribution in [0.25, 0.3) is 10.8 Å². The molecule has 1 fully saturated rings. The Morgan fingerprint density at radius 3 is 2.33 bits per heavy atom. The van der Waals surface area contributed by atoms with Crippen LogP contribution in [0.2, 0.25) is 0 Å². The molecule has 4 rings (SSSR count). The van der Waals surface area contributed by atoms with E-state index in [1.165, 1.54) is 62.5 Å². The van der Waals surface area contributed by atoms with Gasteiger partial charge in [-0.2, -0.15) is 0 Å². The van der Waals surface area contributed by atoms with Gasteiger partial charge in [-0.1, -0.05) is 94.2 Å². The molecule has 0 nitrogen and oxygen atoms in total. The number of unbranched alkanes of at least 4 members (excludes halogenated alkanes) is 2. The highest BCUT2D eigenvalue weighted by Gasteiger charge is 2.22. The Bertz CT molecular complexity index is 1100. The molecule has 1 saturated carbocycles. The molecule has 33 heavy (non-hydrogen) atoms. The summed E-state index contributed by atoms with van der Waals surface area (Å²) in [7, 11) is 0. The van der Waals surface area contributed by atoms with Crippen LogP contribution in [0.1, 0.15) is 99.8 Å². The lowest BCUT2D eigenvalue weighted by atomic mass is 9.77. The maximum atomic E-state index is 15.2. The van der Waals surface area contributed by atoms with E-state index in [2.05, 4.69) is 50.0 Å². The van der Waals surface area contributed by atoms with E-state index in [0.717, 1.165) is 29.7 Å². The van der Waals surface area contributed by atoms with Gasteiger partial charge in [0.05, 0.1) is 5.56 Å². The van der Waals surface area contributed by atoms with Gasteiger partial charge in [0.15, 0.2) is 0 Å². The Kier molecular flexibility index (Phi) is 8.22. The van der Waals surface area contributed by atoms with Gasteiger partial charge in [0.25, 0.3) is 0 Å². The summed E-state index contributed by atoms with van der Waals surface area (Å²) in [5, 5.41) is 1.67. The molecular weight excluding hydrogens is 403 g/mol. The summed E-state index contributed by atoms with van der Waals surface area (Å²) < 4.78 is 15.2. The monoisotopic (exact) mass is 440 g/mol. The Hall–Kier alpha value is -2.59. The molecule has 0 bridgehead atoms. The maximum Gasteiger partial charge on any atom is 0.146 e. The summed E-state index contributed by atoms with van der Waals surface area (Å²) in [4.78, 5) is 0. The zero-order chi connectivity index (χ0) is 23.0. The van der Waals surface area contributed by atoms with Gasteiger partial charge in [0.1, 0.15) is 5.82 Å². The summed E-state index contributed by atoms with van der Waals surface area (Å²) in [6.07, 6.45) is 12.9. The first kappa shape index (κ1) is 23.6. The molecule has 0 saturated heterocycles. The normalized spacial score (nSPS) is 18.2. The molecule has 0 heterocycles. The first-order valence-electron chi connectivity index (χ1n) is 13.0. The van der Waals surface area contributed by atoms with Crippen LogP contribution < -0.4 is 0 Å². The molecule has 3 aromatic carbocycles. The van der Waals surface area contributed by atoms with E-state index in [-0.39, 0.29) is 5.82 Å². The average molecular weight is 441 g/mol. The lowest BCUT2D eigenvalue weighted by Crippen LogP contribution is -2.13. The van der Waals surface area contributed by atoms with Gasteiger partial charge in [0.2, 0.25) is 0 Å². The number of halogens is 1. The van der Waals surface area contributed by atoms with Crippen molar-refractivity contribution in [2.75, 3.05) is 0 Å². The van der Waals surface area contributed by atoms with E-state index in [0.29, 0.717) is 16.9 Å². The lowest BCUT2D eigenvalue weighted by Gasteiger charge is -2.29. The summed E-state index contributed by atoms with van der Waals surface area (Å²) in [5.74, 6) is 7.51. The molecule has 0 aromatic heterocycles. The van der Waals surface area contributed by atoms with Gasteiger partial charge in [-0.3, -0.25) is 0 Å². The summed E-state index contributed by atoms with van der Waals surface area (Å²) in [6.45, 7) is 4.46. The molecule has 1 aliphatic carbocycles. The zero-order valence-electron chi connectivity index (χ0n) is 20.3. The molecule has 0 radical (unpaired) electrons. The van der Waals surface area contributed by atoms with E-state index < -0.39 is 0 Å². The van der Waals surface area contributed by atoms with Crippen LogP contribution in [-0.4, -0.2) is 0 Å². The quantitative estimate of drug-likeness (QED) is 0.254. The number of aryl methyl sites for hydroxylation is 1. The molecule has 0 aliphatic heterocycles. The largest absolute Gasteiger partial charge is 0.205 e. The predicted octanol–water partition coefficient (Wildman–Crippen LogP) is 9.19. The predicted molar refractivity (Wildman–Crippen MR) is 139 cm³/mol. The molecule has 0 N–H and O–H groups in total. The number of hydrogen-bond acceptors (Lipinski definition) is 0. The first-order valence-corrected chi connectivity index (χ1v) is 13.0. The second-order valence-corrected chi connectivity index (χ2v) is 9.82. The second-order valence-electron chi connectivity index (χ2n) is 9.82. The Balaban J connectivity index is 1.45. The van der Waals surface area contributed by atoms with E-state index in [9.17, 15) is 0 Å². The van der Waals surface area contributed by atoms with Gasteiger partial charge in [-0.15, -0.1) is 0 Å².